The molecule has 7 heteroatoms. The minimum atomic E-state index is -0.775. The summed E-state index contributed by atoms with van der Waals surface area (Å²) in [6.45, 7) is 3.83. The van der Waals surface area contributed by atoms with E-state index in [9.17, 15) is 9.59 Å². The van der Waals surface area contributed by atoms with Gasteiger partial charge in [-0.1, -0.05) is 11.6 Å². The molecule has 0 saturated carbocycles. The van der Waals surface area contributed by atoms with E-state index in [4.69, 9.17) is 25.8 Å². The van der Waals surface area contributed by atoms with Crippen molar-refractivity contribution in [3.05, 3.63) is 46.8 Å². The monoisotopic (exact) mass is 363 g/mol. The molecular formula is C18H18ClNO5. The van der Waals surface area contributed by atoms with E-state index in [1.807, 2.05) is 0 Å². The molecule has 0 unspecified atom stereocenters. The predicted molar refractivity (Wildman–Crippen MR) is 94.0 cm³/mol. The van der Waals surface area contributed by atoms with Crippen LogP contribution in [0.3, 0.4) is 0 Å². The zero-order chi connectivity index (χ0) is 18.4. The van der Waals surface area contributed by atoms with Crippen molar-refractivity contribution in [2.24, 2.45) is 0 Å². The fourth-order valence-corrected chi connectivity index (χ4v) is 2.43. The molecule has 1 aromatic heterocycles. The summed E-state index contributed by atoms with van der Waals surface area (Å²) in [4.78, 5) is 29.1. The summed E-state index contributed by atoms with van der Waals surface area (Å²) in [6, 6.07) is 5.15. The number of carbonyl (C=O) groups is 2. The Morgan fingerprint density at radius 3 is 2.64 bits per heavy atom. The number of rotatable bonds is 7. The predicted octanol–water partition coefficient (Wildman–Crippen LogP) is 3.56. The molecule has 0 fully saturated rings. The number of Topliss-reactive ketones (excluding diaryl/α,β-unsaturated/α-hetero) is 1. The molecule has 6 nitrogen and oxygen atoms in total. The van der Waals surface area contributed by atoms with Gasteiger partial charge in [-0.05, 0) is 32.0 Å². The number of pyridine rings is 1. The van der Waals surface area contributed by atoms with E-state index in [0.717, 1.165) is 6.26 Å². The molecule has 0 amide bonds. The van der Waals surface area contributed by atoms with E-state index in [2.05, 4.69) is 4.98 Å². The van der Waals surface area contributed by atoms with Gasteiger partial charge in [0.25, 0.3) is 0 Å². The van der Waals surface area contributed by atoms with Crippen molar-refractivity contribution in [3.8, 4) is 5.75 Å². The number of ketones is 1. The van der Waals surface area contributed by atoms with Crippen molar-refractivity contribution in [1.82, 2.24) is 4.98 Å². The van der Waals surface area contributed by atoms with Crippen LogP contribution in [0.4, 0.5) is 0 Å². The molecular weight excluding hydrogens is 346 g/mol. The first kappa shape index (κ1) is 18.7. The Bertz CT molecular complexity index is 832. The van der Waals surface area contributed by atoms with Crippen molar-refractivity contribution in [2.45, 2.75) is 13.8 Å². The van der Waals surface area contributed by atoms with Gasteiger partial charge in [-0.15, -0.1) is 0 Å². The third kappa shape index (κ3) is 4.09. The van der Waals surface area contributed by atoms with Crippen LogP contribution in [0.5, 0.6) is 5.75 Å². The van der Waals surface area contributed by atoms with Crippen LogP contribution >= 0.6 is 11.6 Å². The highest BCUT2D eigenvalue weighted by Gasteiger charge is 2.25. The Labute approximate surface area is 150 Å². The molecule has 0 aliphatic rings. The van der Waals surface area contributed by atoms with E-state index >= 15 is 0 Å². The van der Waals surface area contributed by atoms with Gasteiger partial charge in [0.05, 0.1) is 36.4 Å². The number of ether oxygens (including phenoxy) is 3. The molecule has 1 heterocycles. The number of methoxy groups -OCH3 is 1. The van der Waals surface area contributed by atoms with Crippen LogP contribution in [0.15, 0.2) is 36.2 Å². The smallest absolute Gasteiger partial charge is 0.345 e. The molecule has 1 aromatic carbocycles. The summed E-state index contributed by atoms with van der Waals surface area (Å²) in [6.07, 6.45) is 2.42. The summed E-state index contributed by atoms with van der Waals surface area (Å²) >= 11 is 6.39. The minimum Gasteiger partial charge on any atom is -0.500 e. The lowest BCUT2D eigenvalue weighted by atomic mass is 10.0. The van der Waals surface area contributed by atoms with Gasteiger partial charge in [-0.2, -0.15) is 0 Å². The van der Waals surface area contributed by atoms with Crippen LogP contribution in [0.2, 0.25) is 5.02 Å². The number of aromatic nitrogens is 1. The van der Waals surface area contributed by atoms with Crippen molar-refractivity contribution < 1.29 is 23.8 Å². The van der Waals surface area contributed by atoms with Crippen molar-refractivity contribution >= 4 is 34.3 Å². The summed E-state index contributed by atoms with van der Waals surface area (Å²) in [7, 11) is 1.53. The second-order valence-electron chi connectivity index (χ2n) is 4.91. The number of carbonyl (C=O) groups excluding carboxylic acids is 2. The largest absolute Gasteiger partial charge is 0.500 e. The van der Waals surface area contributed by atoms with Crippen LogP contribution in [-0.4, -0.2) is 37.1 Å². The van der Waals surface area contributed by atoms with Crippen LogP contribution in [0.25, 0.3) is 10.9 Å². The molecule has 25 heavy (non-hydrogen) atoms. The lowest BCUT2D eigenvalue weighted by Crippen LogP contribution is -2.17. The summed E-state index contributed by atoms with van der Waals surface area (Å²) in [5.41, 5.74) is 0.449. The van der Waals surface area contributed by atoms with Gasteiger partial charge in [0.2, 0.25) is 5.78 Å². The zero-order valence-corrected chi connectivity index (χ0v) is 14.9. The van der Waals surface area contributed by atoms with Crippen LogP contribution in [0, 0.1) is 0 Å². The van der Waals surface area contributed by atoms with E-state index in [0.29, 0.717) is 23.3 Å². The number of fused-ring (bicyclic) bond motifs is 1. The van der Waals surface area contributed by atoms with Gasteiger partial charge in [0, 0.05) is 11.6 Å². The van der Waals surface area contributed by atoms with Gasteiger partial charge in [-0.3, -0.25) is 9.78 Å². The molecule has 0 aliphatic carbocycles. The number of esters is 1. The Morgan fingerprint density at radius 1 is 1.24 bits per heavy atom. The summed E-state index contributed by atoms with van der Waals surface area (Å²) in [5.74, 6) is -0.812. The Hall–Kier alpha value is -2.60. The fourth-order valence-electron chi connectivity index (χ4n) is 2.14. The van der Waals surface area contributed by atoms with Crippen molar-refractivity contribution in [3.63, 3.8) is 0 Å². The molecule has 0 aliphatic heterocycles. The first-order valence-corrected chi connectivity index (χ1v) is 8.07. The lowest BCUT2D eigenvalue weighted by molar-refractivity contribution is -0.138. The zero-order valence-electron chi connectivity index (χ0n) is 14.2. The summed E-state index contributed by atoms with van der Waals surface area (Å²) in [5, 5.41) is 0.729. The highest BCUT2D eigenvalue weighted by Crippen LogP contribution is 2.30. The number of hydrogen-bond donors (Lipinski definition) is 0. The van der Waals surface area contributed by atoms with Gasteiger partial charge in [0.1, 0.15) is 17.6 Å². The molecule has 0 atom stereocenters. The summed E-state index contributed by atoms with van der Waals surface area (Å²) < 4.78 is 15.2. The van der Waals surface area contributed by atoms with Gasteiger partial charge >= 0.3 is 5.97 Å². The number of halogens is 1. The molecule has 0 N–H and O–H groups in total. The fraction of sp³-hybridized carbons (Fsp3) is 0.278. The van der Waals surface area contributed by atoms with Crippen molar-refractivity contribution in [1.29, 1.82) is 0 Å². The average Bonchev–Trinajstić information content (AvgIpc) is 2.62. The Balaban J connectivity index is 2.52. The molecule has 132 valence electrons. The normalized spacial score (nSPS) is 11.3. The quantitative estimate of drug-likeness (QED) is 0.187. The molecule has 0 radical (unpaired) electrons. The number of hydrogen-bond acceptors (Lipinski definition) is 6. The lowest BCUT2D eigenvalue weighted by Gasteiger charge is -2.10. The second-order valence-corrected chi connectivity index (χ2v) is 5.28. The van der Waals surface area contributed by atoms with Crippen LogP contribution < -0.4 is 4.74 Å². The van der Waals surface area contributed by atoms with E-state index in [-0.39, 0.29) is 22.8 Å². The highest BCUT2D eigenvalue weighted by atomic mass is 35.5. The van der Waals surface area contributed by atoms with Gasteiger partial charge in [-0.25, -0.2) is 4.79 Å². The third-order valence-electron chi connectivity index (χ3n) is 3.36. The van der Waals surface area contributed by atoms with E-state index in [1.54, 1.807) is 32.0 Å². The maximum absolute atomic E-state index is 12.8. The molecule has 0 saturated heterocycles. The molecule has 0 spiro atoms. The number of nitrogens with zero attached hydrogens (tertiary/aromatic N) is 1. The van der Waals surface area contributed by atoms with Crippen LogP contribution in [0.1, 0.15) is 24.2 Å². The topological polar surface area (TPSA) is 74.7 Å². The van der Waals surface area contributed by atoms with Crippen molar-refractivity contribution in [2.75, 3.05) is 20.3 Å². The maximum Gasteiger partial charge on any atom is 0.345 e. The molecule has 0 bridgehead atoms. The van der Waals surface area contributed by atoms with Gasteiger partial charge < -0.3 is 14.2 Å². The molecule has 2 rings (SSSR count). The van der Waals surface area contributed by atoms with Crippen LogP contribution in [-0.2, 0) is 14.3 Å². The number of benzene rings is 1. The first-order valence-electron chi connectivity index (χ1n) is 7.69. The van der Waals surface area contributed by atoms with E-state index < -0.39 is 11.8 Å². The Morgan fingerprint density at radius 2 is 2.00 bits per heavy atom. The van der Waals surface area contributed by atoms with E-state index in [1.165, 1.54) is 13.3 Å². The third-order valence-corrected chi connectivity index (χ3v) is 3.77. The second kappa shape index (κ2) is 8.48. The standard InChI is InChI=1S/C18H18ClNO5/c1-4-24-10-14(18(22)25-5-2)17(21)13-9-20-15-7-6-11(23-3)8-12(15)16(13)19/h6-10H,4-5H2,1-3H3/b14-10-. The Kier molecular flexibility index (Phi) is 6.36. The SMILES string of the molecule is CCO/C=C(\C(=O)OCC)C(=O)c1cnc2ccc(OC)cc2c1Cl. The molecule has 2 aromatic rings. The average molecular weight is 364 g/mol. The first-order chi connectivity index (χ1) is 12.0. The minimum absolute atomic E-state index is 0.0847. The van der Waals surface area contributed by atoms with Gasteiger partial charge in [0.15, 0.2) is 0 Å². The maximum atomic E-state index is 12.8. The highest BCUT2D eigenvalue weighted by molar-refractivity contribution is 6.40.